The Hall–Kier alpha value is -1.30. The second-order valence-corrected chi connectivity index (χ2v) is 4.54. The summed E-state index contributed by atoms with van der Waals surface area (Å²) in [6.45, 7) is 1.46. The third-order valence-corrected chi connectivity index (χ3v) is 3.07. The van der Waals surface area contributed by atoms with Crippen molar-refractivity contribution in [1.82, 2.24) is 0 Å². The lowest BCUT2D eigenvalue weighted by molar-refractivity contribution is 0.0656. The Kier molecular flexibility index (Phi) is 2.42. The van der Waals surface area contributed by atoms with E-state index in [1.807, 2.05) is 0 Å². The normalized spacial score (nSPS) is 11.5. The fourth-order valence-electron chi connectivity index (χ4n) is 0.744. The third-order valence-electron chi connectivity index (χ3n) is 1.48. The molecule has 0 spiro atoms. The molecular weight excluding hydrogens is 196 g/mol. The minimum absolute atomic E-state index is 0.112. The molecule has 6 heteroatoms. The predicted molar refractivity (Wildman–Crippen MR) is 43.4 cm³/mol. The van der Waals surface area contributed by atoms with Crippen LogP contribution in [0.4, 0.5) is 0 Å². The van der Waals surface area contributed by atoms with Gasteiger partial charge in [-0.15, -0.1) is 0 Å². The Bertz CT molecular complexity index is 414. The maximum atomic E-state index is 11.2. The summed E-state index contributed by atoms with van der Waals surface area (Å²) in [5, 5.41) is 8.15. The molecule has 0 aliphatic carbocycles. The second-order valence-electron chi connectivity index (χ2n) is 2.33. The van der Waals surface area contributed by atoms with Crippen LogP contribution < -0.4 is 0 Å². The molecule has 0 saturated heterocycles. The van der Waals surface area contributed by atoms with Crippen LogP contribution in [0.1, 0.15) is 17.5 Å². The van der Waals surface area contributed by atoms with Crippen LogP contribution in [0, 0.1) is 0 Å². The highest BCUT2D eigenvalue weighted by Gasteiger charge is 2.18. The Morgan fingerprint density at radius 2 is 2.15 bits per heavy atom. The van der Waals surface area contributed by atoms with Crippen LogP contribution in [0.15, 0.2) is 21.6 Å². The molecular formula is C7H8O5S. The van der Waals surface area contributed by atoms with Crippen LogP contribution >= 0.6 is 0 Å². The standard InChI is InChI=1S/C7H8O5S/c1-2-13(10,11)6-4-3-5(12-6)7(8)9/h3-4H,2H2,1H3,(H,8,9). The average Bonchev–Trinajstić information content (AvgIpc) is 2.52. The summed E-state index contributed by atoms with van der Waals surface area (Å²) in [5.41, 5.74) is 0. The molecule has 0 aromatic carbocycles. The first kappa shape index (κ1) is 9.79. The molecule has 72 valence electrons. The van der Waals surface area contributed by atoms with Gasteiger partial charge in [-0.2, -0.15) is 0 Å². The molecule has 0 atom stereocenters. The van der Waals surface area contributed by atoms with Crippen LogP contribution in [-0.2, 0) is 9.84 Å². The van der Waals surface area contributed by atoms with E-state index >= 15 is 0 Å². The van der Waals surface area contributed by atoms with Gasteiger partial charge in [0, 0.05) is 0 Å². The highest BCUT2D eigenvalue weighted by molar-refractivity contribution is 7.91. The van der Waals surface area contributed by atoms with Crippen molar-refractivity contribution in [2.45, 2.75) is 12.0 Å². The lowest BCUT2D eigenvalue weighted by Crippen LogP contribution is -2.02. The van der Waals surface area contributed by atoms with Crippen molar-refractivity contribution in [3.8, 4) is 0 Å². The molecule has 0 saturated carbocycles. The molecule has 1 aromatic rings. The quantitative estimate of drug-likeness (QED) is 0.786. The number of hydrogen-bond donors (Lipinski definition) is 1. The topological polar surface area (TPSA) is 84.6 Å². The van der Waals surface area contributed by atoms with E-state index in [-0.39, 0.29) is 16.6 Å². The molecule has 0 aliphatic rings. The van der Waals surface area contributed by atoms with Gasteiger partial charge in [0.05, 0.1) is 5.75 Å². The van der Waals surface area contributed by atoms with Gasteiger partial charge in [0.15, 0.2) is 0 Å². The summed E-state index contributed by atoms with van der Waals surface area (Å²) in [5.74, 6) is -1.76. The zero-order valence-corrected chi connectivity index (χ0v) is 7.67. The first-order valence-electron chi connectivity index (χ1n) is 3.53. The Morgan fingerprint density at radius 3 is 2.54 bits per heavy atom. The summed E-state index contributed by atoms with van der Waals surface area (Å²) in [6.07, 6.45) is 0. The summed E-state index contributed by atoms with van der Waals surface area (Å²) in [4.78, 5) is 10.3. The Balaban J connectivity index is 3.13. The van der Waals surface area contributed by atoms with E-state index in [4.69, 9.17) is 5.11 Å². The summed E-state index contributed by atoms with van der Waals surface area (Å²) in [6, 6.07) is 2.26. The molecule has 0 aliphatic heterocycles. The van der Waals surface area contributed by atoms with Gasteiger partial charge >= 0.3 is 5.97 Å². The first-order valence-corrected chi connectivity index (χ1v) is 5.18. The van der Waals surface area contributed by atoms with Crippen LogP contribution in [0.25, 0.3) is 0 Å². The monoisotopic (exact) mass is 204 g/mol. The molecule has 13 heavy (non-hydrogen) atoms. The Labute approximate surface area is 74.9 Å². The van der Waals surface area contributed by atoms with Gasteiger partial charge in [-0.1, -0.05) is 6.92 Å². The highest BCUT2D eigenvalue weighted by atomic mass is 32.2. The van der Waals surface area contributed by atoms with E-state index in [2.05, 4.69) is 4.42 Å². The van der Waals surface area contributed by atoms with Gasteiger partial charge in [-0.25, -0.2) is 13.2 Å². The maximum absolute atomic E-state index is 11.2. The molecule has 1 rings (SSSR count). The zero-order chi connectivity index (χ0) is 10.1. The predicted octanol–water partition coefficient (Wildman–Crippen LogP) is 0.771. The van der Waals surface area contributed by atoms with Gasteiger partial charge in [0.25, 0.3) is 0 Å². The van der Waals surface area contributed by atoms with Crippen molar-refractivity contribution in [2.75, 3.05) is 5.75 Å². The number of carboxylic acid groups (broad SMARTS) is 1. The molecule has 0 radical (unpaired) electrons. The van der Waals surface area contributed by atoms with Crippen molar-refractivity contribution in [3.63, 3.8) is 0 Å². The summed E-state index contributed by atoms with van der Waals surface area (Å²) < 4.78 is 26.9. The average molecular weight is 204 g/mol. The lowest BCUT2D eigenvalue weighted by atomic mass is 10.5. The molecule has 5 nitrogen and oxygen atoms in total. The molecule has 0 amide bonds. The van der Waals surface area contributed by atoms with Crippen molar-refractivity contribution in [2.24, 2.45) is 0 Å². The molecule has 1 aromatic heterocycles. The lowest BCUT2D eigenvalue weighted by Gasteiger charge is -1.93. The van der Waals surface area contributed by atoms with Crippen LogP contribution in [-0.4, -0.2) is 25.2 Å². The van der Waals surface area contributed by atoms with E-state index in [0.717, 1.165) is 12.1 Å². The summed E-state index contributed by atoms with van der Waals surface area (Å²) >= 11 is 0. The second kappa shape index (κ2) is 3.21. The number of aromatic carboxylic acids is 1. The van der Waals surface area contributed by atoms with Crippen LogP contribution in [0.2, 0.25) is 0 Å². The van der Waals surface area contributed by atoms with Crippen LogP contribution in [0.3, 0.4) is 0 Å². The van der Waals surface area contributed by atoms with Gasteiger partial charge in [-0.05, 0) is 12.1 Å². The van der Waals surface area contributed by atoms with Crippen molar-refractivity contribution < 1.29 is 22.7 Å². The molecule has 0 unspecified atom stereocenters. The number of furan rings is 1. The number of rotatable bonds is 3. The van der Waals surface area contributed by atoms with Crippen molar-refractivity contribution in [1.29, 1.82) is 0 Å². The highest BCUT2D eigenvalue weighted by Crippen LogP contribution is 2.14. The van der Waals surface area contributed by atoms with E-state index in [1.54, 1.807) is 0 Å². The molecule has 0 fully saturated rings. The SMILES string of the molecule is CCS(=O)(=O)c1ccc(C(=O)O)o1. The first-order chi connectivity index (χ1) is 5.97. The zero-order valence-electron chi connectivity index (χ0n) is 6.85. The van der Waals surface area contributed by atoms with E-state index in [9.17, 15) is 13.2 Å². The number of hydrogen-bond acceptors (Lipinski definition) is 4. The van der Waals surface area contributed by atoms with Crippen LogP contribution in [0.5, 0.6) is 0 Å². The Morgan fingerprint density at radius 1 is 1.54 bits per heavy atom. The van der Waals surface area contributed by atoms with E-state index in [0.29, 0.717) is 0 Å². The minimum atomic E-state index is -3.44. The van der Waals surface area contributed by atoms with E-state index < -0.39 is 15.8 Å². The molecule has 1 heterocycles. The fraction of sp³-hybridized carbons (Fsp3) is 0.286. The number of carboxylic acids is 1. The van der Waals surface area contributed by atoms with E-state index in [1.165, 1.54) is 6.92 Å². The molecule has 0 bridgehead atoms. The minimum Gasteiger partial charge on any atom is -0.475 e. The third kappa shape index (κ3) is 1.89. The van der Waals surface area contributed by atoms with Crippen molar-refractivity contribution in [3.05, 3.63) is 17.9 Å². The molecule has 1 N–H and O–H groups in total. The number of carbonyl (C=O) groups is 1. The van der Waals surface area contributed by atoms with Gasteiger partial charge in [0.2, 0.25) is 20.7 Å². The van der Waals surface area contributed by atoms with Gasteiger partial charge < -0.3 is 9.52 Å². The van der Waals surface area contributed by atoms with Gasteiger partial charge in [0.1, 0.15) is 0 Å². The maximum Gasteiger partial charge on any atom is 0.371 e. The smallest absolute Gasteiger partial charge is 0.371 e. The van der Waals surface area contributed by atoms with Crippen molar-refractivity contribution >= 4 is 15.8 Å². The number of sulfone groups is 1. The van der Waals surface area contributed by atoms with Gasteiger partial charge in [-0.3, -0.25) is 0 Å². The largest absolute Gasteiger partial charge is 0.475 e. The summed E-state index contributed by atoms with van der Waals surface area (Å²) in [7, 11) is -3.44. The fourth-order valence-corrected chi connectivity index (χ4v) is 1.52.